The van der Waals surface area contributed by atoms with Crippen LogP contribution in [0.25, 0.3) is 0 Å². The van der Waals surface area contributed by atoms with Crippen LogP contribution < -0.4 is 5.32 Å². The van der Waals surface area contributed by atoms with E-state index in [1.54, 1.807) is 18.6 Å². The van der Waals surface area contributed by atoms with Crippen LogP contribution in [-0.4, -0.2) is 9.97 Å². The number of hydrogen-bond acceptors (Lipinski definition) is 4. The van der Waals surface area contributed by atoms with Crippen molar-refractivity contribution in [3.8, 4) is 6.19 Å². The fourth-order valence-electron chi connectivity index (χ4n) is 1.40. The predicted octanol–water partition coefficient (Wildman–Crippen LogP) is 1.64. The van der Waals surface area contributed by atoms with Crippen LogP contribution in [0.4, 0.5) is 5.95 Å². The Morgan fingerprint density at radius 1 is 1.38 bits per heavy atom. The molecule has 1 saturated carbocycles. The molecule has 0 atom stereocenters. The first-order valence-electron chi connectivity index (χ1n) is 4.37. The first-order valence-corrected chi connectivity index (χ1v) is 4.37. The molecule has 1 fully saturated rings. The summed E-state index contributed by atoms with van der Waals surface area (Å²) < 4.78 is 0. The third-order valence-electron chi connectivity index (χ3n) is 2.42. The Morgan fingerprint density at radius 2 is 2.08 bits per heavy atom. The van der Waals surface area contributed by atoms with Gasteiger partial charge in [0.25, 0.3) is 0 Å². The summed E-state index contributed by atoms with van der Waals surface area (Å²) in [4.78, 5) is 8.05. The highest BCUT2D eigenvalue weighted by Gasteiger charge is 2.19. The summed E-state index contributed by atoms with van der Waals surface area (Å²) in [7, 11) is 0. The number of hydrogen-bond donors (Lipinski definition) is 1. The maximum absolute atomic E-state index is 8.31. The average Bonchev–Trinajstić information content (AvgIpc) is 2.06. The van der Waals surface area contributed by atoms with Gasteiger partial charge in [-0.15, -0.1) is 0 Å². The van der Waals surface area contributed by atoms with Crippen molar-refractivity contribution < 1.29 is 0 Å². The van der Waals surface area contributed by atoms with Gasteiger partial charge in [0.05, 0.1) is 0 Å². The molecule has 1 aliphatic carbocycles. The maximum atomic E-state index is 8.31. The highest BCUT2D eigenvalue weighted by Crippen LogP contribution is 2.35. The van der Waals surface area contributed by atoms with Gasteiger partial charge in [-0.2, -0.15) is 5.26 Å². The average molecular weight is 174 g/mol. The second-order valence-electron chi connectivity index (χ2n) is 3.20. The van der Waals surface area contributed by atoms with Crippen LogP contribution >= 0.6 is 0 Å². The van der Waals surface area contributed by atoms with Crippen LogP contribution in [0.3, 0.4) is 0 Å². The van der Waals surface area contributed by atoms with Crippen molar-refractivity contribution in [2.75, 3.05) is 5.32 Å². The molecule has 0 aromatic carbocycles. The predicted molar refractivity (Wildman–Crippen MR) is 47.9 cm³/mol. The molecule has 0 aliphatic heterocycles. The van der Waals surface area contributed by atoms with Gasteiger partial charge in [-0.3, -0.25) is 5.32 Å². The third kappa shape index (κ3) is 1.59. The number of nitriles is 1. The lowest BCUT2D eigenvalue weighted by molar-refractivity contribution is 0.418. The third-order valence-corrected chi connectivity index (χ3v) is 2.42. The summed E-state index contributed by atoms with van der Waals surface area (Å²) in [6.45, 7) is 0. The van der Waals surface area contributed by atoms with E-state index in [0.717, 1.165) is 0 Å². The van der Waals surface area contributed by atoms with E-state index in [1.807, 2.05) is 0 Å². The normalized spacial score (nSPS) is 15.9. The van der Waals surface area contributed by atoms with Gasteiger partial charge in [-0.25, -0.2) is 9.97 Å². The zero-order valence-corrected chi connectivity index (χ0v) is 7.20. The molecule has 1 N–H and O–H groups in total. The monoisotopic (exact) mass is 174 g/mol. The fraction of sp³-hybridized carbons (Fsp3) is 0.444. The smallest absolute Gasteiger partial charge is 0.236 e. The van der Waals surface area contributed by atoms with Gasteiger partial charge in [0.1, 0.15) is 0 Å². The molecule has 1 aromatic heterocycles. The second-order valence-corrected chi connectivity index (χ2v) is 3.20. The van der Waals surface area contributed by atoms with E-state index in [9.17, 15) is 0 Å². The molecule has 1 aromatic rings. The molecule has 4 nitrogen and oxygen atoms in total. The minimum absolute atomic E-state index is 0.380. The van der Waals surface area contributed by atoms with E-state index in [4.69, 9.17) is 5.26 Å². The Hall–Kier alpha value is -1.63. The van der Waals surface area contributed by atoms with Crippen LogP contribution in [0.15, 0.2) is 12.4 Å². The quantitative estimate of drug-likeness (QED) is 0.547. The number of nitrogens with one attached hydrogen (secondary N) is 1. The largest absolute Gasteiger partial charge is 0.261 e. The standard InChI is InChI=1S/C9H10N4/c10-6-13-9-11-4-8(5-12-9)7-2-1-3-7/h4-5,7H,1-3H2,(H,11,12,13). The molecule has 0 bridgehead atoms. The molecule has 0 amide bonds. The molecular weight excluding hydrogens is 164 g/mol. The summed E-state index contributed by atoms with van der Waals surface area (Å²) in [5.41, 5.74) is 1.19. The molecule has 0 unspecified atom stereocenters. The zero-order valence-electron chi connectivity index (χ0n) is 7.20. The molecule has 2 rings (SSSR count). The van der Waals surface area contributed by atoms with Crippen LogP contribution in [0, 0.1) is 11.5 Å². The molecule has 1 aliphatic rings. The van der Waals surface area contributed by atoms with Crippen LogP contribution in [0.1, 0.15) is 30.7 Å². The number of nitrogens with zero attached hydrogens (tertiary/aromatic N) is 3. The second kappa shape index (κ2) is 3.40. The molecule has 0 radical (unpaired) electrons. The Kier molecular flexibility index (Phi) is 2.09. The molecule has 4 heteroatoms. The van der Waals surface area contributed by atoms with Gasteiger partial charge in [-0.05, 0) is 24.3 Å². The number of anilines is 1. The lowest BCUT2D eigenvalue weighted by Crippen LogP contribution is -2.09. The van der Waals surface area contributed by atoms with Crippen LogP contribution in [0.2, 0.25) is 0 Å². The van der Waals surface area contributed by atoms with Gasteiger partial charge < -0.3 is 0 Å². The van der Waals surface area contributed by atoms with Gasteiger partial charge in [0.15, 0.2) is 6.19 Å². The Balaban J connectivity index is 2.09. The Morgan fingerprint density at radius 3 is 2.54 bits per heavy atom. The van der Waals surface area contributed by atoms with E-state index >= 15 is 0 Å². The van der Waals surface area contributed by atoms with E-state index in [-0.39, 0.29) is 0 Å². The van der Waals surface area contributed by atoms with Crippen molar-refractivity contribution in [3.63, 3.8) is 0 Å². The number of aromatic nitrogens is 2. The maximum Gasteiger partial charge on any atom is 0.236 e. The first-order chi connectivity index (χ1) is 6.40. The molecular formula is C9H10N4. The summed E-state index contributed by atoms with van der Waals surface area (Å²) in [5, 5.41) is 10.7. The van der Waals surface area contributed by atoms with E-state index in [0.29, 0.717) is 11.9 Å². The minimum atomic E-state index is 0.380. The minimum Gasteiger partial charge on any atom is -0.261 e. The van der Waals surface area contributed by atoms with Gasteiger partial charge in [0, 0.05) is 12.4 Å². The molecule has 66 valence electrons. The van der Waals surface area contributed by atoms with Crippen molar-refractivity contribution in [1.29, 1.82) is 5.26 Å². The van der Waals surface area contributed by atoms with Crippen molar-refractivity contribution >= 4 is 5.95 Å². The fourth-order valence-corrected chi connectivity index (χ4v) is 1.40. The molecule has 1 heterocycles. The van der Waals surface area contributed by atoms with Crippen molar-refractivity contribution in [2.24, 2.45) is 0 Å². The van der Waals surface area contributed by atoms with Crippen molar-refractivity contribution in [2.45, 2.75) is 25.2 Å². The zero-order chi connectivity index (χ0) is 9.10. The summed E-state index contributed by atoms with van der Waals surface area (Å²) in [6, 6.07) is 0. The van der Waals surface area contributed by atoms with Crippen LogP contribution in [0.5, 0.6) is 0 Å². The van der Waals surface area contributed by atoms with Gasteiger partial charge >= 0.3 is 0 Å². The topological polar surface area (TPSA) is 61.6 Å². The van der Waals surface area contributed by atoms with Crippen molar-refractivity contribution in [1.82, 2.24) is 9.97 Å². The summed E-state index contributed by atoms with van der Waals surface area (Å²) in [5.74, 6) is 1.03. The van der Waals surface area contributed by atoms with E-state index < -0.39 is 0 Å². The van der Waals surface area contributed by atoms with Gasteiger partial charge in [-0.1, -0.05) is 6.42 Å². The molecule has 0 saturated heterocycles. The van der Waals surface area contributed by atoms with E-state index in [1.165, 1.54) is 24.8 Å². The Bertz CT molecular complexity index is 320. The summed E-state index contributed by atoms with van der Waals surface area (Å²) >= 11 is 0. The SMILES string of the molecule is N#CNc1ncc(C2CCC2)cn1. The summed E-state index contributed by atoms with van der Waals surface area (Å²) in [6.07, 6.45) is 9.19. The first kappa shape index (κ1) is 7.99. The number of rotatable bonds is 2. The van der Waals surface area contributed by atoms with Crippen LogP contribution in [-0.2, 0) is 0 Å². The van der Waals surface area contributed by atoms with Gasteiger partial charge in [0.2, 0.25) is 5.95 Å². The van der Waals surface area contributed by atoms with Crippen molar-refractivity contribution in [3.05, 3.63) is 18.0 Å². The molecule has 0 spiro atoms. The lowest BCUT2D eigenvalue weighted by Gasteiger charge is -2.24. The lowest BCUT2D eigenvalue weighted by atomic mass is 9.81. The molecule has 13 heavy (non-hydrogen) atoms. The Labute approximate surface area is 76.6 Å². The highest BCUT2D eigenvalue weighted by molar-refractivity contribution is 5.30. The highest BCUT2D eigenvalue weighted by atomic mass is 15.1. The van der Waals surface area contributed by atoms with E-state index in [2.05, 4.69) is 15.3 Å².